The van der Waals surface area contributed by atoms with Crippen molar-refractivity contribution in [1.82, 2.24) is 24.2 Å². The third-order valence-corrected chi connectivity index (χ3v) is 6.71. The van der Waals surface area contributed by atoms with Crippen LogP contribution < -0.4 is 15.4 Å². The zero-order valence-corrected chi connectivity index (χ0v) is 26.4. The number of nitrogens with zero attached hydrogens (tertiary/aromatic N) is 4. The number of ether oxygens (including phenoxy) is 1. The topological polar surface area (TPSA) is 169 Å². The van der Waals surface area contributed by atoms with Gasteiger partial charge >= 0.3 is 0 Å². The number of nitrogens with one attached hydrogen (secondary N) is 2. The van der Waals surface area contributed by atoms with E-state index in [1.165, 1.54) is 11.5 Å². The van der Waals surface area contributed by atoms with E-state index in [1.807, 2.05) is 61.9 Å². The van der Waals surface area contributed by atoms with Crippen molar-refractivity contribution >= 4 is 72.2 Å². The number of aliphatic hydroxyl groups excluding tert-OH is 1. The van der Waals surface area contributed by atoms with Gasteiger partial charge in [0.2, 0.25) is 0 Å². The molecule has 0 aliphatic carbocycles. The van der Waals surface area contributed by atoms with Crippen LogP contribution in [-0.4, -0.2) is 69.7 Å². The van der Waals surface area contributed by atoms with Gasteiger partial charge in [-0.05, 0) is 55.0 Å². The lowest BCUT2D eigenvalue weighted by Crippen LogP contribution is -2.17. The Bertz CT molecular complexity index is 1770. The molecule has 0 amide bonds. The van der Waals surface area contributed by atoms with Crippen LogP contribution in [0.1, 0.15) is 13.8 Å². The average Bonchev–Trinajstić information content (AvgIpc) is 3.61. The second-order valence-corrected chi connectivity index (χ2v) is 12.6. The number of aromatic nitrogens is 4. The summed E-state index contributed by atoms with van der Waals surface area (Å²) >= 11 is 7.98. The van der Waals surface area contributed by atoms with Crippen molar-refractivity contribution < 1.29 is 27.6 Å². The lowest BCUT2D eigenvalue weighted by molar-refractivity contribution is -0.116. The summed E-state index contributed by atoms with van der Waals surface area (Å²) in [4.78, 5) is 18.7. The van der Waals surface area contributed by atoms with E-state index in [2.05, 4.69) is 29.5 Å². The number of rotatable bonds is 9. The summed E-state index contributed by atoms with van der Waals surface area (Å²) < 4.78 is 39.4. The van der Waals surface area contributed by atoms with E-state index in [9.17, 15) is 13.2 Å². The van der Waals surface area contributed by atoms with Crippen LogP contribution in [0.3, 0.4) is 0 Å². The lowest BCUT2D eigenvalue weighted by Gasteiger charge is -2.13. The van der Waals surface area contributed by atoms with Crippen LogP contribution in [0.2, 0.25) is 5.02 Å². The molecule has 5 aromatic rings. The number of aldehydes is 1. The van der Waals surface area contributed by atoms with Crippen molar-refractivity contribution in [2.75, 3.05) is 31.8 Å². The molecule has 2 aromatic carbocycles. The molecule has 0 aliphatic heterocycles. The van der Waals surface area contributed by atoms with Crippen LogP contribution in [0.15, 0.2) is 61.2 Å². The first-order chi connectivity index (χ1) is 20.3. The second kappa shape index (κ2) is 15.2. The number of likely N-dealkylation sites (N-methyl/N-ethyl adjacent to an activating group) is 1. The first-order valence-corrected chi connectivity index (χ1v) is 15.9. The Labute approximate surface area is 258 Å². The Balaban J connectivity index is 0.000000359. The molecule has 43 heavy (non-hydrogen) atoms. The van der Waals surface area contributed by atoms with Crippen molar-refractivity contribution in [2.24, 2.45) is 5.41 Å². The molecule has 0 aliphatic rings. The highest BCUT2D eigenvalue weighted by Gasteiger charge is 2.13. The van der Waals surface area contributed by atoms with E-state index in [-0.39, 0.29) is 6.61 Å². The molecule has 3 heterocycles. The van der Waals surface area contributed by atoms with Gasteiger partial charge in [-0.15, -0.1) is 0 Å². The highest BCUT2D eigenvalue weighted by molar-refractivity contribution is 7.85. The zero-order chi connectivity index (χ0) is 31.6. The van der Waals surface area contributed by atoms with Gasteiger partial charge in [0.1, 0.15) is 29.6 Å². The Kier molecular flexibility index (Phi) is 11.9. The quantitative estimate of drug-likeness (QED) is 0.123. The molecular weight excluding hydrogens is 616 g/mol. The molecule has 0 atom stereocenters. The van der Waals surface area contributed by atoms with Gasteiger partial charge in [0, 0.05) is 30.4 Å². The number of aliphatic hydroxyl groups is 1. The van der Waals surface area contributed by atoms with Gasteiger partial charge in [0.15, 0.2) is 5.82 Å². The first kappa shape index (κ1) is 33.8. The maximum absolute atomic E-state index is 9.90. The molecule has 0 unspecified atom stereocenters. The van der Waals surface area contributed by atoms with E-state index >= 15 is 0 Å². The normalized spacial score (nSPS) is 11.3. The minimum atomic E-state index is -3.67. The molecule has 15 heteroatoms. The standard InChI is InChI=1S/C22H19ClN6OS.C5H10O2.CH4O3S/c1-24-8-10-29-9-7-17-21(29)22(26-13-25-17)28-14-5-6-19(16(23)11-14)30-18-3-2-4-20-15(18)12-27-31-20;1-5(2,3-6)4-7;1-5(2,3)4/h2-7,9,11-13,24H,8,10H2,1H3,(H,25,26,28);3,7H,4H2,1-2H3;1H3,(H,2,3,4). The van der Waals surface area contributed by atoms with Crippen LogP contribution in [0, 0.1) is 5.41 Å². The van der Waals surface area contributed by atoms with Crippen LogP contribution in [0.25, 0.3) is 21.1 Å². The molecule has 0 saturated carbocycles. The van der Waals surface area contributed by atoms with E-state index in [1.54, 1.807) is 20.2 Å². The highest BCUT2D eigenvalue weighted by Crippen LogP contribution is 2.36. The predicted octanol–water partition coefficient (Wildman–Crippen LogP) is 5.16. The smallest absolute Gasteiger partial charge is 0.261 e. The molecule has 3 aromatic heterocycles. The number of halogens is 1. The van der Waals surface area contributed by atoms with Crippen LogP contribution >= 0.6 is 23.1 Å². The molecule has 12 nitrogen and oxygen atoms in total. The molecule has 5 rings (SSSR count). The van der Waals surface area contributed by atoms with Gasteiger partial charge in [-0.3, -0.25) is 4.55 Å². The lowest BCUT2D eigenvalue weighted by atomic mass is 9.98. The summed E-state index contributed by atoms with van der Waals surface area (Å²) in [6.07, 6.45) is 6.84. The fourth-order valence-corrected chi connectivity index (χ4v) is 4.33. The maximum Gasteiger partial charge on any atom is 0.261 e. The van der Waals surface area contributed by atoms with Gasteiger partial charge in [-0.2, -0.15) is 12.8 Å². The van der Waals surface area contributed by atoms with E-state index in [4.69, 9.17) is 26.0 Å². The third kappa shape index (κ3) is 10.2. The molecular formula is C28H33ClN6O6S2. The summed E-state index contributed by atoms with van der Waals surface area (Å²) in [6, 6.07) is 13.5. The van der Waals surface area contributed by atoms with Crippen molar-refractivity contribution in [3.05, 3.63) is 66.2 Å². The van der Waals surface area contributed by atoms with Crippen molar-refractivity contribution in [3.8, 4) is 11.5 Å². The summed E-state index contributed by atoms with van der Waals surface area (Å²) in [5.41, 5.74) is 2.11. The minimum Gasteiger partial charge on any atom is -0.455 e. The summed E-state index contributed by atoms with van der Waals surface area (Å²) in [5, 5.41) is 16.4. The monoisotopic (exact) mass is 648 g/mol. The number of carbonyl (C=O) groups is 1. The van der Waals surface area contributed by atoms with E-state index < -0.39 is 15.5 Å². The van der Waals surface area contributed by atoms with E-state index in [0.29, 0.717) is 17.0 Å². The molecule has 0 radical (unpaired) electrons. The van der Waals surface area contributed by atoms with Crippen molar-refractivity contribution in [1.29, 1.82) is 0 Å². The van der Waals surface area contributed by atoms with Crippen molar-refractivity contribution in [3.63, 3.8) is 0 Å². The summed E-state index contributed by atoms with van der Waals surface area (Å²) in [7, 11) is -1.73. The minimum absolute atomic E-state index is 0.0729. The Hall–Kier alpha value is -3.66. The summed E-state index contributed by atoms with van der Waals surface area (Å²) in [6.45, 7) is 4.96. The molecule has 0 bridgehead atoms. The first-order valence-electron chi connectivity index (χ1n) is 12.9. The van der Waals surface area contributed by atoms with Gasteiger partial charge in [0.05, 0.1) is 39.7 Å². The largest absolute Gasteiger partial charge is 0.455 e. The molecule has 0 fully saturated rings. The average molecular weight is 649 g/mol. The maximum atomic E-state index is 9.90. The molecule has 4 N–H and O–H groups in total. The summed E-state index contributed by atoms with van der Waals surface area (Å²) in [5.74, 6) is 2.04. The zero-order valence-electron chi connectivity index (χ0n) is 24.0. The highest BCUT2D eigenvalue weighted by atomic mass is 35.5. The van der Waals surface area contributed by atoms with Crippen LogP contribution in [0.5, 0.6) is 11.5 Å². The van der Waals surface area contributed by atoms with Crippen molar-refractivity contribution in [2.45, 2.75) is 20.4 Å². The Morgan fingerprint density at radius 1 is 1.16 bits per heavy atom. The van der Waals surface area contributed by atoms with E-state index in [0.717, 1.165) is 57.7 Å². The molecule has 230 valence electrons. The predicted molar refractivity (Wildman–Crippen MR) is 170 cm³/mol. The van der Waals surface area contributed by atoms with Crippen LogP contribution in [-0.2, 0) is 21.5 Å². The van der Waals surface area contributed by atoms with Crippen LogP contribution in [0.4, 0.5) is 11.5 Å². The number of benzene rings is 2. The Morgan fingerprint density at radius 2 is 1.91 bits per heavy atom. The SMILES string of the molecule is CC(C)(C=O)CO.CNCCn1ccc2ncnc(Nc3ccc(Oc4cccc5sncc45)c(Cl)c3)c21.CS(=O)(=O)O. The number of hydrogen-bond acceptors (Lipinski definition) is 11. The fourth-order valence-electron chi connectivity index (χ4n) is 3.45. The molecule has 0 saturated heterocycles. The van der Waals surface area contributed by atoms with Gasteiger partial charge in [0.25, 0.3) is 10.1 Å². The second-order valence-electron chi connectivity index (χ2n) is 9.93. The van der Waals surface area contributed by atoms with Gasteiger partial charge in [-0.25, -0.2) is 9.97 Å². The molecule has 0 spiro atoms. The van der Waals surface area contributed by atoms with Gasteiger partial charge < -0.3 is 29.8 Å². The number of fused-ring (bicyclic) bond motifs is 2. The fraction of sp³-hybridized carbons (Fsp3) is 0.286. The number of anilines is 2. The number of hydrogen-bond donors (Lipinski definition) is 4. The third-order valence-electron chi connectivity index (χ3n) is 5.65. The van der Waals surface area contributed by atoms with Gasteiger partial charge in [-0.1, -0.05) is 31.5 Å². The number of carbonyl (C=O) groups excluding carboxylic acids is 1. The Morgan fingerprint density at radius 3 is 2.53 bits per heavy atom.